The summed E-state index contributed by atoms with van der Waals surface area (Å²) in [6.07, 6.45) is 20.9. The molecular formula is C26H42O2S. The van der Waals surface area contributed by atoms with Gasteiger partial charge in [-0.2, -0.15) is 0 Å². The summed E-state index contributed by atoms with van der Waals surface area (Å²) in [6, 6.07) is 5.85. The number of hydrogen-bond donors (Lipinski definition) is 1. The van der Waals surface area contributed by atoms with Crippen LogP contribution in [-0.4, -0.2) is 20.8 Å². The molecule has 2 rings (SSSR count). The molecule has 0 saturated carbocycles. The molecule has 2 nitrogen and oxygen atoms in total. The molecule has 0 aromatic heterocycles. The number of rotatable bonds is 16. The van der Waals surface area contributed by atoms with E-state index >= 15 is 0 Å². The smallest absolute Gasteiger partial charge is 0.115 e. The quantitative estimate of drug-likeness (QED) is 0.281. The van der Waals surface area contributed by atoms with Gasteiger partial charge in [0.05, 0.1) is 0 Å². The highest BCUT2D eigenvalue weighted by Gasteiger charge is 2.12. The number of aromatic hydroxyl groups is 1. The Bertz CT molecular complexity index is 636. The van der Waals surface area contributed by atoms with Gasteiger partial charge in [-0.3, -0.25) is 4.21 Å². The Morgan fingerprint density at radius 3 is 2.17 bits per heavy atom. The molecule has 1 N–H and O–H groups in total. The molecule has 0 saturated heterocycles. The minimum atomic E-state index is -0.574. The number of aryl methyl sites for hydroxylation is 1. The van der Waals surface area contributed by atoms with E-state index in [1.165, 1.54) is 87.3 Å². The summed E-state index contributed by atoms with van der Waals surface area (Å²) in [5.74, 6) is 2.23. The number of fused-ring (bicyclic) bond motifs is 1. The van der Waals surface area contributed by atoms with Gasteiger partial charge in [0.15, 0.2) is 0 Å². The van der Waals surface area contributed by atoms with Gasteiger partial charge < -0.3 is 5.11 Å². The fourth-order valence-electron chi connectivity index (χ4n) is 4.28. The van der Waals surface area contributed by atoms with E-state index in [1.807, 2.05) is 12.1 Å². The first kappa shape index (κ1) is 24.2. The standard InChI is InChI=1S/C26H42O2S/c1-2-3-4-12-20-29(28)21-13-10-8-6-5-7-9-11-15-23-16-14-17-24-22-25(27)18-19-26(23)24/h16,18-19,22,27H,2-15,17,20-21H2,1H3. The van der Waals surface area contributed by atoms with Crippen LogP contribution in [0.15, 0.2) is 24.3 Å². The lowest BCUT2D eigenvalue weighted by atomic mass is 9.88. The summed E-state index contributed by atoms with van der Waals surface area (Å²) >= 11 is 0. The van der Waals surface area contributed by atoms with Crippen molar-refractivity contribution < 1.29 is 9.32 Å². The van der Waals surface area contributed by atoms with Crippen molar-refractivity contribution >= 4 is 16.4 Å². The van der Waals surface area contributed by atoms with E-state index in [9.17, 15) is 9.32 Å². The van der Waals surface area contributed by atoms with Crippen LogP contribution in [0.1, 0.15) is 108 Å². The summed E-state index contributed by atoms with van der Waals surface area (Å²) in [5, 5.41) is 9.67. The minimum absolute atomic E-state index is 0.392. The maximum atomic E-state index is 11.9. The lowest BCUT2D eigenvalue weighted by Gasteiger charge is -2.18. The second-order valence-corrected chi connectivity index (χ2v) is 10.3. The molecule has 3 heteroatoms. The van der Waals surface area contributed by atoms with E-state index in [4.69, 9.17) is 0 Å². The number of phenolic OH excluding ortho intramolecular Hbond substituents is 1. The zero-order valence-corrected chi connectivity index (χ0v) is 19.4. The van der Waals surface area contributed by atoms with Crippen molar-refractivity contribution in [1.82, 2.24) is 0 Å². The van der Waals surface area contributed by atoms with Crippen LogP contribution < -0.4 is 0 Å². The highest BCUT2D eigenvalue weighted by molar-refractivity contribution is 7.84. The molecular weight excluding hydrogens is 376 g/mol. The third-order valence-electron chi connectivity index (χ3n) is 6.03. The molecule has 0 heterocycles. The largest absolute Gasteiger partial charge is 0.508 e. The van der Waals surface area contributed by atoms with E-state index in [0.717, 1.165) is 37.2 Å². The van der Waals surface area contributed by atoms with Crippen LogP contribution in [0.4, 0.5) is 0 Å². The summed E-state index contributed by atoms with van der Waals surface area (Å²) in [6.45, 7) is 2.22. The Morgan fingerprint density at radius 2 is 1.48 bits per heavy atom. The molecule has 1 aromatic rings. The van der Waals surface area contributed by atoms with Gasteiger partial charge in [0.2, 0.25) is 0 Å². The van der Waals surface area contributed by atoms with Crippen molar-refractivity contribution in [2.75, 3.05) is 11.5 Å². The normalized spacial score (nSPS) is 14.4. The predicted molar refractivity (Wildman–Crippen MR) is 128 cm³/mol. The summed E-state index contributed by atoms with van der Waals surface area (Å²) in [4.78, 5) is 0. The van der Waals surface area contributed by atoms with E-state index < -0.39 is 10.8 Å². The van der Waals surface area contributed by atoms with Crippen molar-refractivity contribution in [3.63, 3.8) is 0 Å². The molecule has 1 aliphatic rings. The van der Waals surface area contributed by atoms with Crippen LogP contribution in [-0.2, 0) is 17.2 Å². The Hall–Kier alpha value is -1.09. The van der Waals surface area contributed by atoms with E-state index in [0.29, 0.717) is 5.75 Å². The highest BCUT2D eigenvalue weighted by Crippen LogP contribution is 2.32. The summed E-state index contributed by atoms with van der Waals surface area (Å²) in [5.41, 5.74) is 4.15. The van der Waals surface area contributed by atoms with Gasteiger partial charge in [-0.25, -0.2) is 0 Å². The van der Waals surface area contributed by atoms with Crippen LogP contribution >= 0.6 is 0 Å². The molecule has 0 aliphatic heterocycles. The first-order valence-electron chi connectivity index (χ1n) is 12.1. The average Bonchev–Trinajstić information content (AvgIpc) is 2.72. The number of phenols is 1. The summed E-state index contributed by atoms with van der Waals surface area (Å²) < 4.78 is 11.9. The molecule has 1 unspecified atom stereocenters. The lowest BCUT2D eigenvalue weighted by molar-refractivity contribution is 0.474. The van der Waals surface area contributed by atoms with Crippen molar-refractivity contribution in [2.45, 2.75) is 103 Å². The molecule has 0 fully saturated rings. The SMILES string of the molecule is CCCCCCS(=O)CCCCCCCCCCC1=CCCc2cc(O)ccc21. The Labute approximate surface area is 181 Å². The van der Waals surface area contributed by atoms with Gasteiger partial charge in [-0.05, 0) is 67.4 Å². The first-order chi connectivity index (χ1) is 14.2. The number of benzene rings is 1. The molecule has 0 bridgehead atoms. The highest BCUT2D eigenvalue weighted by atomic mass is 32.2. The molecule has 0 amide bonds. The molecule has 0 radical (unpaired) electrons. The monoisotopic (exact) mass is 418 g/mol. The average molecular weight is 419 g/mol. The zero-order valence-electron chi connectivity index (χ0n) is 18.6. The third-order valence-corrected chi connectivity index (χ3v) is 7.52. The second-order valence-electron chi connectivity index (χ2n) is 8.60. The molecule has 1 aromatic carbocycles. The number of allylic oxidation sites excluding steroid dienone is 2. The van der Waals surface area contributed by atoms with Crippen LogP contribution in [0.3, 0.4) is 0 Å². The van der Waals surface area contributed by atoms with Crippen molar-refractivity contribution in [3.8, 4) is 5.75 Å². The fourth-order valence-corrected chi connectivity index (χ4v) is 5.54. The van der Waals surface area contributed by atoms with Gasteiger partial charge in [-0.1, -0.05) is 76.9 Å². The zero-order chi connectivity index (χ0) is 20.7. The van der Waals surface area contributed by atoms with Crippen LogP contribution in [0.5, 0.6) is 5.75 Å². The topological polar surface area (TPSA) is 37.3 Å². The summed E-state index contributed by atoms with van der Waals surface area (Å²) in [7, 11) is -0.574. The Morgan fingerprint density at radius 1 is 0.862 bits per heavy atom. The molecule has 1 aliphatic carbocycles. The molecule has 164 valence electrons. The van der Waals surface area contributed by atoms with Crippen molar-refractivity contribution in [3.05, 3.63) is 35.4 Å². The minimum Gasteiger partial charge on any atom is -0.508 e. The predicted octanol–water partition coefficient (Wildman–Crippen LogP) is 7.56. The van der Waals surface area contributed by atoms with Crippen molar-refractivity contribution in [2.24, 2.45) is 0 Å². The van der Waals surface area contributed by atoms with Gasteiger partial charge in [0.25, 0.3) is 0 Å². The van der Waals surface area contributed by atoms with Crippen LogP contribution in [0, 0.1) is 0 Å². The van der Waals surface area contributed by atoms with Gasteiger partial charge in [0.1, 0.15) is 5.75 Å². The Kier molecular flexibility index (Phi) is 12.4. The van der Waals surface area contributed by atoms with Gasteiger partial charge >= 0.3 is 0 Å². The lowest BCUT2D eigenvalue weighted by Crippen LogP contribution is -2.02. The van der Waals surface area contributed by atoms with Gasteiger partial charge in [-0.15, -0.1) is 0 Å². The fraction of sp³-hybridized carbons (Fsp3) is 0.692. The molecule has 1 atom stereocenters. The maximum absolute atomic E-state index is 11.9. The van der Waals surface area contributed by atoms with E-state index in [2.05, 4.69) is 19.1 Å². The second kappa shape index (κ2) is 14.8. The van der Waals surface area contributed by atoms with Crippen molar-refractivity contribution in [1.29, 1.82) is 0 Å². The Balaban J connectivity index is 1.43. The maximum Gasteiger partial charge on any atom is 0.115 e. The van der Waals surface area contributed by atoms with Gasteiger partial charge in [0, 0.05) is 22.3 Å². The molecule has 0 spiro atoms. The van der Waals surface area contributed by atoms with Crippen LogP contribution in [0.2, 0.25) is 0 Å². The van der Waals surface area contributed by atoms with E-state index in [-0.39, 0.29) is 0 Å². The van der Waals surface area contributed by atoms with E-state index in [1.54, 1.807) is 0 Å². The third kappa shape index (κ3) is 9.98. The first-order valence-corrected chi connectivity index (χ1v) is 13.6. The molecule has 29 heavy (non-hydrogen) atoms. The number of unbranched alkanes of at least 4 members (excludes halogenated alkanes) is 10. The van der Waals surface area contributed by atoms with Crippen LogP contribution in [0.25, 0.3) is 5.57 Å². The number of hydrogen-bond acceptors (Lipinski definition) is 2.